The number of aliphatic carboxylic acids is 1. The van der Waals surface area contributed by atoms with Gasteiger partial charge < -0.3 is 20.0 Å². The Morgan fingerprint density at radius 3 is 2.13 bits per heavy atom. The average Bonchev–Trinajstić information content (AvgIpc) is 2.77. The van der Waals surface area contributed by atoms with Gasteiger partial charge in [0.2, 0.25) is 5.43 Å². The zero-order valence-corrected chi connectivity index (χ0v) is 16.0. The Bertz CT molecular complexity index is 1060. The van der Waals surface area contributed by atoms with Crippen LogP contribution in [-0.2, 0) is 18.0 Å². The second kappa shape index (κ2) is 9.92. The van der Waals surface area contributed by atoms with Crippen LogP contribution in [0.1, 0.15) is 21.6 Å². The highest BCUT2D eigenvalue weighted by molar-refractivity contribution is 5.94. The minimum atomic E-state index is -1.20. The monoisotopic (exact) mass is 408 g/mol. The van der Waals surface area contributed by atoms with Crippen LogP contribution < -0.4 is 20.3 Å². The molecule has 154 valence electrons. The number of rotatable bonds is 9. The Hall–Kier alpha value is -4.07. The lowest BCUT2D eigenvalue weighted by atomic mass is 10.2. The van der Waals surface area contributed by atoms with Crippen molar-refractivity contribution >= 4 is 11.9 Å². The fourth-order valence-electron chi connectivity index (χ4n) is 2.58. The van der Waals surface area contributed by atoms with Gasteiger partial charge in [-0.05, 0) is 11.1 Å². The summed E-state index contributed by atoms with van der Waals surface area (Å²) >= 11 is 0. The molecule has 0 aliphatic rings. The summed E-state index contributed by atoms with van der Waals surface area (Å²) < 4.78 is 6.73. The van der Waals surface area contributed by atoms with Crippen LogP contribution in [0.25, 0.3) is 0 Å². The molecule has 0 fully saturated rings. The number of nitrogens with zero attached hydrogens (tertiary/aromatic N) is 1. The highest BCUT2D eigenvalue weighted by Crippen LogP contribution is 2.10. The van der Waals surface area contributed by atoms with Gasteiger partial charge in [0.1, 0.15) is 25.5 Å². The molecule has 2 N–H and O–H groups in total. The number of carboxylic acids is 1. The largest absolute Gasteiger partial charge is 0.483 e. The van der Waals surface area contributed by atoms with Crippen molar-refractivity contribution in [3.63, 3.8) is 0 Å². The molecule has 0 unspecified atom stereocenters. The predicted molar refractivity (Wildman–Crippen MR) is 108 cm³/mol. The lowest BCUT2D eigenvalue weighted by Gasteiger charge is -2.16. The number of aromatic nitrogens is 1. The lowest BCUT2D eigenvalue weighted by molar-refractivity contribution is -0.135. The molecule has 0 saturated carbocycles. The van der Waals surface area contributed by atoms with E-state index >= 15 is 0 Å². The van der Waals surface area contributed by atoms with Crippen molar-refractivity contribution in [3.05, 3.63) is 100.0 Å². The van der Waals surface area contributed by atoms with Gasteiger partial charge in [-0.25, -0.2) is 0 Å². The summed E-state index contributed by atoms with van der Waals surface area (Å²) in [6, 6.07) is 19.6. The quantitative estimate of drug-likeness (QED) is 0.560. The fraction of sp³-hybridized carbons (Fsp3) is 0.136. The number of hydrogen-bond acceptors (Lipinski definition) is 5. The Morgan fingerprint density at radius 2 is 1.53 bits per heavy atom. The number of carbonyl (C=O) groups excluding carboxylic acids is 1. The lowest BCUT2D eigenvalue weighted by Crippen LogP contribution is -2.34. The maximum Gasteiger partial charge on any atom is 0.322 e. The second-order valence-corrected chi connectivity index (χ2v) is 6.32. The zero-order chi connectivity index (χ0) is 21.3. The molecule has 0 aliphatic heterocycles. The molecule has 0 spiro atoms. The third kappa shape index (κ3) is 5.71. The number of pyridine rings is 1. The molecule has 3 rings (SSSR count). The van der Waals surface area contributed by atoms with Crippen LogP contribution in [-0.4, -0.2) is 28.3 Å². The maximum absolute atomic E-state index is 12.4. The number of carboxylic acid groups (broad SMARTS) is 1. The Morgan fingerprint density at radius 1 is 0.933 bits per heavy atom. The van der Waals surface area contributed by atoms with E-state index in [0.29, 0.717) is 0 Å². The fourth-order valence-corrected chi connectivity index (χ4v) is 2.58. The molecule has 8 heteroatoms. The Balaban J connectivity index is 1.84. The summed E-state index contributed by atoms with van der Waals surface area (Å²) in [7, 11) is 0. The molecule has 2 aromatic carbocycles. The molecule has 0 aliphatic carbocycles. The summed E-state index contributed by atoms with van der Waals surface area (Å²) in [5.41, 5.74) is 1.06. The summed E-state index contributed by atoms with van der Waals surface area (Å²) in [6.07, 6.45) is 1.28. The van der Waals surface area contributed by atoms with Gasteiger partial charge >= 0.3 is 5.97 Å². The van der Waals surface area contributed by atoms with Gasteiger partial charge in [-0.15, -0.1) is 0 Å². The number of hydrogen-bond donors (Lipinski definition) is 2. The number of ether oxygens (including phenoxy) is 1. The second-order valence-electron chi connectivity index (χ2n) is 6.32. The SMILES string of the molecule is O=C(O)CNC(=O)c1cc(=O)c(OCc2ccccc2)cn1OCc1ccccc1. The van der Waals surface area contributed by atoms with E-state index in [4.69, 9.17) is 14.7 Å². The first-order valence-electron chi connectivity index (χ1n) is 9.13. The van der Waals surface area contributed by atoms with E-state index < -0.39 is 23.9 Å². The molecule has 0 bridgehead atoms. The van der Waals surface area contributed by atoms with Gasteiger partial charge in [0.05, 0.1) is 6.20 Å². The van der Waals surface area contributed by atoms with Crippen LogP contribution in [0.15, 0.2) is 77.7 Å². The molecule has 30 heavy (non-hydrogen) atoms. The Labute approximate surface area is 172 Å². The highest BCUT2D eigenvalue weighted by atomic mass is 16.7. The number of carbonyl (C=O) groups is 2. The first-order valence-corrected chi connectivity index (χ1v) is 9.13. The summed E-state index contributed by atoms with van der Waals surface area (Å²) in [5.74, 6) is -1.95. The zero-order valence-electron chi connectivity index (χ0n) is 16.0. The third-order valence-electron chi connectivity index (χ3n) is 4.07. The van der Waals surface area contributed by atoms with Crippen LogP contribution >= 0.6 is 0 Å². The average molecular weight is 408 g/mol. The molecule has 0 saturated heterocycles. The number of benzene rings is 2. The summed E-state index contributed by atoms with van der Waals surface area (Å²) in [5, 5.41) is 11.0. The van der Waals surface area contributed by atoms with E-state index in [2.05, 4.69) is 5.32 Å². The standard InChI is InChI=1S/C22H20N2O6/c25-19-11-18(22(28)23-12-21(26)27)24(30-15-17-9-5-2-6-10-17)13-20(19)29-14-16-7-3-1-4-8-16/h1-11,13H,12,14-15H2,(H,23,28)(H,26,27). The molecule has 1 heterocycles. The first kappa shape index (κ1) is 20.7. The molecular formula is C22H20N2O6. The first-order chi connectivity index (χ1) is 14.5. The van der Waals surface area contributed by atoms with Gasteiger partial charge in [-0.2, -0.15) is 4.73 Å². The van der Waals surface area contributed by atoms with Crippen LogP contribution in [0.4, 0.5) is 0 Å². The molecule has 0 atom stereocenters. The summed E-state index contributed by atoms with van der Waals surface area (Å²) in [6.45, 7) is -0.293. The van der Waals surface area contributed by atoms with Gasteiger partial charge in [0.15, 0.2) is 5.75 Å². The minimum Gasteiger partial charge on any atom is -0.483 e. The topological polar surface area (TPSA) is 107 Å². The van der Waals surface area contributed by atoms with Crippen molar-refractivity contribution in [2.24, 2.45) is 0 Å². The highest BCUT2D eigenvalue weighted by Gasteiger charge is 2.17. The Kier molecular flexibility index (Phi) is 6.83. The van der Waals surface area contributed by atoms with E-state index in [1.807, 2.05) is 60.7 Å². The van der Waals surface area contributed by atoms with E-state index in [0.717, 1.165) is 21.9 Å². The van der Waals surface area contributed by atoms with Gasteiger partial charge in [-0.3, -0.25) is 14.4 Å². The normalized spacial score (nSPS) is 10.3. The van der Waals surface area contributed by atoms with Gasteiger partial charge in [-0.1, -0.05) is 60.7 Å². The van der Waals surface area contributed by atoms with E-state index in [9.17, 15) is 14.4 Å². The number of amides is 1. The van der Waals surface area contributed by atoms with Gasteiger partial charge in [0.25, 0.3) is 5.91 Å². The third-order valence-corrected chi connectivity index (χ3v) is 4.07. The van der Waals surface area contributed by atoms with Crippen molar-refractivity contribution in [1.82, 2.24) is 10.0 Å². The number of nitrogens with one attached hydrogen (secondary N) is 1. The minimum absolute atomic E-state index is 0.00157. The molecule has 1 aromatic heterocycles. The van der Waals surface area contributed by atoms with Crippen molar-refractivity contribution < 1.29 is 24.3 Å². The molecular weight excluding hydrogens is 388 g/mol. The van der Waals surface area contributed by atoms with E-state index in [-0.39, 0.29) is 24.7 Å². The van der Waals surface area contributed by atoms with Crippen molar-refractivity contribution in [3.8, 4) is 5.75 Å². The molecule has 3 aromatic rings. The van der Waals surface area contributed by atoms with Gasteiger partial charge in [0, 0.05) is 6.07 Å². The van der Waals surface area contributed by atoms with Crippen molar-refractivity contribution in [1.29, 1.82) is 0 Å². The van der Waals surface area contributed by atoms with Crippen molar-refractivity contribution in [2.45, 2.75) is 13.2 Å². The van der Waals surface area contributed by atoms with Crippen LogP contribution in [0.3, 0.4) is 0 Å². The maximum atomic E-state index is 12.4. The van der Waals surface area contributed by atoms with E-state index in [1.54, 1.807) is 0 Å². The molecule has 0 radical (unpaired) electrons. The van der Waals surface area contributed by atoms with Crippen LogP contribution in [0.5, 0.6) is 5.75 Å². The van der Waals surface area contributed by atoms with Crippen LogP contribution in [0, 0.1) is 0 Å². The smallest absolute Gasteiger partial charge is 0.322 e. The molecule has 1 amide bonds. The molecule has 8 nitrogen and oxygen atoms in total. The van der Waals surface area contributed by atoms with E-state index in [1.165, 1.54) is 6.20 Å². The predicted octanol–water partition coefficient (Wildman–Crippen LogP) is 1.87. The van der Waals surface area contributed by atoms with Crippen LogP contribution in [0.2, 0.25) is 0 Å². The van der Waals surface area contributed by atoms with Crippen molar-refractivity contribution in [2.75, 3.05) is 6.54 Å². The summed E-state index contributed by atoms with van der Waals surface area (Å²) in [4.78, 5) is 41.2.